The number of oxime groups is 1. The van der Waals surface area contributed by atoms with Crippen LogP contribution in [0.2, 0.25) is 0 Å². The summed E-state index contributed by atoms with van der Waals surface area (Å²) in [4.78, 5) is 12.6. The van der Waals surface area contributed by atoms with Crippen LogP contribution in [0.4, 0.5) is 4.79 Å². The van der Waals surface area contributed by atoms with E-state index in [2.05, 4.69) is 5.16 Å². The van der Waals surface area contributed by atoms with Gasteiger partial charge in [0.25, 0.3) is 0 Å². The van der Waals surface area contributed by atoms with E-state index < -0.39 is 11.7 Å². The molecule has 5 nitrogen and oxygen atoms in total. The maximum Gasteiger partial charge on any atom is 0.415 e. The van der Waals surface area contributed by atoms with E-state index in [4.69, 9.17) is 9.94 Å². The second-order valence-electron chi connectivity index (χ2n) is 3.90. The highest BCUT2D eigenvalue weighted by molar-refractivity contribution is 5.99. The predicted molar refractivity (Wildman–Crippen MR) is 46.8 cm³/mol. The third kappa shape index (κ3) is 2.34. The highest BCUT2D eigenvalue weighted by Gasteiger charge is 2.32. The van der Waals surface area contributed by atoms with Crippen LogP contribution in [0.15, 0.2) is 5.16 Å². The lowest BCUT2D eigenvalue weighted by Gasteiger charge is -2.33. The molecule has 0 aromatic heterocycles. The van der Waals surface area contributed by atoms with Crippen molar-refractivity contribution < 1.29 is 14.7 Å². The van der Waals surface area contributed by atoms with Gasteiger partial charge in [-0.3, -0.25) is 4.90 Å². The summed E-state index contributed by atoms with van der Waals surface area (Å²) in [6, 6.07) is 0. The highest BCUT2D eigenvalue weighted by atomic mass is 16.6. The second kappa shape index (κ2) is 3.24. The largest absolute Gasteiger partial charge is 0.443 e. The first-order chi connectivity index (χ1) is 5.94. The molecule has 13 heavy (non-hydrogen) atoms. The van der Waals surface area contributed by atoms with Crippen LogP contribution in [0.25, 0.3) is 0 Å². The average molecular weight is 186 g/mol. The maximum atomic E-state index is 11.3. The lowest BCUT2D eigenvalue weighted by atomic mass is 10.2. The van der Waals surface area contributed by atoms with E-state index in [9.17, 15) is 4.79 Å². The Morgan fingerprint density at radius 2 is 2.23 bits per heavy atom. The van der Waals surface area contributed by atoms with Gasteiger partial charge >= 0.3 is 6.09 Å². The van der Waals surface area contributed by atoms with Crippen LogP contribution in [0.3, 0.4) is 0 Å². The number of carbonyl (C=O) groups excluding carboxylic acids is 1. The van der Waals surface area contributed by atoms with E-state index in [1.807, 2.05) is 0 Å². The standard InChI is InChI=1S/C8H14N2O3/c1-8(2,3)13-7(11)10-5-4-6(10)9-12/h12H,4-5H2,1-3H3/b9-6-. The number of hydrogen-bond acceptors (Lipinski definition) is 4. The van der Waals surface area contributed by atoms with E-state index in [0.29, 0.717) is 18.8 Å². The minimum Gasteiger partial charge on any atom is -0.443 e. The Morgan fingerprint density at radius 1 is 1.62 bits per heavy atom. The molecule has 1 fully saturated rings. The summed E-state index contributed by atoms with van der Waals surface area (Å²) in [5, 5.41) is 11.4. The van der Waals surface area contributed by atoms with Crippen LogP contribution < -0.4 is 0 Å². The molecule has 0 saturated carbocycles. The van der Waals surface area contributed by atoms with Gasteiger partial charge in [-0.15, -0.1) is 0 Å². The molecule has 0 spiro atoms. The summed E-state index contributed by atoms with van der Waals surface area (Å²) < 4.78 is 5.07. The molecule has 1 heterocycles. The molecule has 0 aromatic carbocycles. The van der Waals surface area contributed by atoms with E-state index in [0.717, 1.165) is 0 Å². The average Bonchev–Trinajstić information content (AvgIpc) is 1.80. The smallest absolute Gasteiger partial charge is 0.415 e. The van der Waals surface area contributed by atoms with Crippen molar-refractivity contribution in [2.75, 3.05) is 6.54 Å². The third-order valence-corrected chi connectivity index (χ3v) is 1.60. The summed E-state index contributed by atoms with van der Waals surface area (Å²) >= 11 is 0. The minimum absolute atomic E-state index is 0.370. The normalized spacial score (nSPS) is 19.9. The quantitative estimate of drug-likeness (QED) is 0.459. The molecule has 1 amide bonds. The van der Waals surface area contributed by atoms with Gasteiger partial charge < -0.3 is 9.94 Å². The molecule has 74 valence electrons. The zero-order valence-corrected chi connectivity index (χ0v) is 8.07. The first kappa shape index (κ1) is 9.83. The Morgan fingerprint density at radius 3 is 2.54 bits per heavy atom. The number of amidine groups is 1. The van der Waals surface area contributed by atoms with Gasteiger partial charge in [0.15, 0.2) is 5.84 Å². The Bertz CT molecular complexity index is 242. The SMILES string of the molecule is CC(C)(C)OC(=O)N1CC/C1=N/O. The van der Waals surface area contributed by atoms with Crippen LogP contribution in [0.5, 0.6) is 0 Å². The van der Waals surface area contributed by atoms with Crippen molar-refractivity contribution in [3.05, 3.63) is 0 Å². The van der Waals surface area contributed by atoms with Gasteiger partial charge in [0.1, 0.15) is 5.60 Å². The molecule has 1 aliphatic rings. The van der Waals surface area contributed by atoms with Crippen LogP contribution in [-0.4, -0.2) is 34.2 Å². The van der Waals surface area contributed by atoms with Crippen LogP contribution in [0.1, 0.15) is 27.2 Å². The lowest BCUT2D eigenvalue weighted by molar-refractivity contribution is 0.0323. The Hall–Kier alpha value is -1.26. The Kier molecular flexibility index (Phi) is 2.45. The van der Waals surface area contributed by atoms with Gasteiger partial charge in [0, 0.05) is 13.0 Å². The van der Waals surface area contributed by atoms with Crippen molar-refractivity contribution in [1.29, 1.82) is 0 Å². The Labute approximate surface area is 77.0 Å². The predicted octanol–water partition coefficient (Wildman–Crippen LogP) is 1.41. The molecule has 1 saturated heterocycles. The number of amides is 1. The van der Waals surface area contributed by atoms with Crippen molar-refractivity contribution in [2.45, 2.75) is 32.8 Å². The fourth-order valence-corrected chi connectivity index (χ4v) is 0.941. The molecule has 0 unspecified atom stereocenters. The monoisotopic (exact) mass is 186 g/mol. The van der Waals surface area contributed by atoms with E-state index in [1.165, 1.54) is 4.90 Å². The highest BCUT2D eigenvalue weighted by Crippen LogP contribution is 2.16. The molecule has 1 rings (SSSR count). The fraction of sp³-hybridized carbons (Fsp3) is 0.750. The minimum atomic E-state index is -0.507. The number of ether oxygens (including phenoxy) is 1. The van der Waals surface area contributed by atoms with Gasteiger partial charge in [-0.25, -0.2) is 4.79 Å². The second-order valence-corrected chi connectivity index (χ2v) is 3.90. The molecular formula is C8H14N2O3. The zero-order chi connectivity index (χ0) is 10.1. The summed E-state index contributed by atoms with van der Waals surface area (Å²) in [6.07, 6.45) is 0.169. The number of nitrogens with zero attached hydrogens (tertiary/aromatic N) is 2. The molecule has 1 aliphatic heterocycles. The van der Waals surface area contributed by atoms with Gasteiger partial charge in [0.05, 0.1) is 0 Å². The third-order valence-electron chi connectivity index (χ3n) is 1.60. The molecule has 0 atom stereocenters. The van der Waals surface area contributed by atoms with E-state index in [-0.39, 0.29) is 0 Å². The van der Waals surface area contributed by atoms with Crippen molar-refractivity contribution in [2.24, 2.45) is 5.16 Å². The van der Waals surface area contributed by atoms with Gasteiger partial charge in [-0.2, -0.15) is 0 Å². The molecular weight excluding hydrogens is 172 g/mol. The first-order valence-electron chi connectivity index (χ1n) is 4.15. The number of hydrogen-bond donors (Lipinski definition) is 1. The number of carbonyl (C=O) groups is 1. The van der Waals surface area contributed by atoms with Gasteiger partial charge in [-0.05, 0) is 20.8 Å². The summed E-state index contributed by atoms with van der Waals surface area (Å²) in [5.41, 5.74) is -0.507. The topological polar surface area (TPSA) is 62.1 Å². The van der Waals surface area contributed by atoms with Crippen LogP contribution in [-0.2, 0) is 4.74 Å². The van der Waals surface area contributed by atoms with E-state index in [1.54, 1.807) is 20.8 Å². The van der Waals surface area contributed by atoms with Gasteiger partial charge in [-0.1, -0.05) is 5.16 Å². The van der Waals surface area contributed by atoms with Crippen molar-refractivity contribution in [3.8, 4) is 0 Å². The van der Waals surface area contributed by atoms with Crippen molar-refractivity contribution in [3.63, 3.8) is 0 Å². The van der Waals surface area contributed by atoms with Crippen LogP contribution in [0, 0.1) is 0 Å². The summed E-state index contributed by atoms with van der Waals surface area (Å²) in [6.45, 7) is 5.94. The summed E-state index contributed by atoms with van der Waals surface area (Å²) in [5.74, 6) is 0.370. The van der Waals surface area contributed by atoms with Crippen molar-refractivity contribution >= 4 is 11.9 Å². The molecule has 1 N–H and O–H groups in total. The molecule has 0 aromatic rings. The molecule has 0 radical (unpaired) electrons. The number of rotatable bonds is 0. The summed E-state index contributed by atoms with van der Waals surface area (Å²) in [7, 11) is 0. The first-order valence-corrected chi connectivity index (χ1v) is 4.15. The van der Waals surface area contributed by atoms with E-state index >= 15 is 0 Å². The fourth-order valence-electron chi connectivity index (χ4n) is 0.941. The molecule has 0 bridgehead atoms. The lowest BCUT2D eigenvalue weighted by Crippen LogP contribution is -2.49. The molecule has 0 aliphatic carbocycles. The van der Waals surface area contributed by atoms with Gasteiger partial charge in [0.2, 0.25) is 0 Å². The van der Waals surface area contributed by atoms with Crippen molar-refractivity contribution in [1.82, 2.24) is 4.90 Å². The maximum absolute atomic E-state index is 11.3. The zero-order valence-electron chi connectivity index (χ0n) is 8.07. The Balaban J connectivity index is 2.50. The molecule has 5 heteroatoms. The van der Waals surface area contributed by atoms with Crippen LogP contribution >= 0.6 is 0 Å². The number of likely N-dealkylation sites (tertiary alicyclic amines) is 1.